The zero-order valence-electron chi connectivity index (χ0n) is 15.5. The van der Waals surface area contributed by atoms with Crippen molar-refractivity contribution in [2.24, 2.45) is 0 Å². The molecule has 27 heavy (non-hydrogen) atoms. The second kappa shape index (κ2) is 6.91. The topological polar surface area (TPSA) is 67.8 Å². The Balaban J connectivity index is 1.52. The number of carbonyl (C=O) groups is 1. The van der Waals surface area contributed by atoms with Crippen LogP contribution in [-0.2, 0) is 10.2 Å². The third kappa shape index (κ3) is 3.33. The fraction of sp³-hybridized carbons (Fsp3) is 0.273. The molecule has 1 unspecified atom stereocenters. The quantitative estimate of drug-likeness (QED) is 0.754. The van der Waals surface area contributed by atoms with Gasteiger partial charge in [0.05, 0.1) is 11.5 Å². The molecule has 1 saturated carbocycles. The average Bonchev–Trinajstić information content (AvgIpc) is 3.51. The number of nitrogens with zero attached hydrogens (tertiary/aromatic N) is 3. The van der Waals surface area contributed by atoms with Crippen LogP contribution in [0.5, 0.6) is 0 Å². The van der Waals surface area contributed by atoms with Gasteiger partial charge in [0.2, 0.25) is 5.91 Å². The van der Waals surface area contributed by atoms with Crippen LogP contribution in [0, 0.1) is 6.92 Å². The van der Waals surface area contributed by atoms with Gasteiger partial charge in [0, 0.05) is 35.4 Å². The minimum atomic E-state index is -0.374. The van der Waals surface area contributed by atoms with Gasteiger partial charge in [-0.2, -0.15) is 0 Å². The van der Waals surface area contributed by atoms with E-state index < -0.39 is 0 Å². The summed E-state index contributed by atoms with van der Waals surface area (Å²) in [5.74, 6) is 0.749. The Morgan fingerprint density at radius 2 is 1.81 bits per heavy atom. The number of aromatic nitrogens is 3. The van der Waals surface area contributed by atoms with Gasteiger partial charge in [-0.25, -0.2) is 9.97 Å². The highest BCUT2D eigenvalue weighted by Crippen LogP contribution is 2.48. The Morgan fingerprint density at radius 3 is 2.44 bits per heavy atom. The van der Waals surface area contributed by atoms with E-state index in [2.05, 4.69) is 20.3 Å². The van der Waals surface area contributed by atoms with Crippen molar-refractivity contribution in [1.29, 1.82) is 0 Å². The van der Waals surface area contributed by atoms with Crippen LogP contribution in [0.1, 0.15) is 42.6 Å². The molecule has 1 aromatic carbocycles. The van der Waals surface area contributed by atoms with Gasteiger partial charge in [0.25, 0.3) is 0 Å². The first-order valence-electron chi connectivity index (χ1n) is 9.20. The lowest BCUT2D eigenvalue weighted by Gasteiger charge is -2.21. The molecule has 1 N–H and O–H groups in total. The summed E-state index contributed by atoms with van der Waals surface area (Å²) in [5, 5.41) is 3.17. The number of carbonyl (C=O) groups excluding carboxylic acids is 1. The molecule has 0 bridgehead atoms. The van der Waals surface area contributed by atoms with Crippen LogP contribution >= 0.6 is 0 Å². The second-order valence-electron chi connectivity index (χ2n) is 7.11. The minimum absolute atomic E-state index is 0.0822. The van der Waals surface area contributed by atoms with Crippen LogP contribution in [0.4, 0.5) is 0 Å². The lowest BCUT2D eigenvalue weighted by Crippen LogP contribution is -2.36. The van der Waals surface area contributed by atoms with Gasteiger partial charge in [-0.1, -0.05) is 30.3 Å². The van der Waals surface area contributed by atoms with Crippen molar-refractivity contribution in [2.45, 2.75) is 38.1 Å². The van der Waals surface area contributed by atoms with Gasteiger partial charge < -0.3 is 5.32 Å². The molecule has 0 spiro atoms. The Morgan fingerprint density at radius 1 is 1.11 bits per heavy atom. The molecule has 4 rings (SSSR count). The van der Waals surface area contributed by atoms with Crippen LogP contribution in [0.3, 0.4) is 0 Å². The van der Waals surface area contributed by atoms with E-state index in [-0.39, 0.29) is 17.4 Å². The van der Waals surface area contributed by atoms with Gasteiger partial charge >= 0.3 is 0 Å². The maximum absolute atomic E-state index is 13.0. The molecule has 1 aliphatic rings. The third-order valence-corrected chi connectivity index (χ3v) is 5.28. The highest BCUT2D eigenvalue weighted by molar-refractivity contribution is 5.91. The molecule has 0 saturated heterocycles. The zero-order valence-corrected chi connectivity index (χ0v) is 15.5. The van der Waals surface area contributed by atoms with Crippen LogP contribution in [0.2, 0.25) is 0 Å². The fourth-order valence-corrected chi connectivity index (χ4v) is 3.48. The Bertz CT molecular complexity index is 953. The van der Waals surface area contributed by atoms with E-state index in [4.69, 9.17) is 0 Å². The third-order valence-electron chi connectivity index (χ3n) is 5.28. The van der Waals surface area contributed by atoms with Crippen molar-refractivity contribution in [3.05, 3.63) is 77.9 Å². The smallest absolute Gasteiger partial charge is 0.231 e. The maximum Gasteiger partial charge on any atom is 0.231 e. The molecule has 5 heteroatoms. The summed E-state index contributed by atoms with van der Waals surface area (Å²) < 4.78 is 0. The average molecular weight is 358 g/mol. The summed E-state index contributed by atoms with van der Waals surface area (Å²) in [6.07, 6.45) is 7.05. The lowest BCUT2D eigenvalue weighted by molar-refractivity contribution is -0.124. The zero-order chi connectivity index (χ0) is 18.9. The lowest BCUT2D eigenvalue weighted by atomic mass is 9.94. The van der Waals surface area contributed by atoms with Gasteiger partial charge in [-0.05, 0) is 44.4 Å². The summed E-state index contributed by atoms with van der Waals surface area (Å²) in [5.41, 5.74) is 3.45. The molecular formula is C22H22N4O. The molecule has 1 fully saturated rings. The number of pyridine rings is 1. The number of nitrogens with one attached hydrogen (secondary N) is 1. The van der Waals surface area contributed by atoms with Gasteiger partial charge in [0.1, 0.15) is 0 Å². The minimum Gasteiger partial charge on any atom is -0.349 e. The summed E-state index contributed by atoms with van der Waals surface area (Å²) >= 11 is 0. The SMILES string of the molecule is Cc1nc(-c2ccncc2)ncc1C(C)NC(=O)C1(c2ccccc2)CC1. The van der Waals surface area contributed by atoms with E-state index in [0.29, 0.717) is 5.82 Å². The molecular weight excluding hydrogens is 336 g/mol. The summed E-state index contributed by atoms with van der Waals surface area (Å²) in [4.78, 5) is 26.1. The van der Waals surface area contributed by atoms with Crippen molar-refractivity contribution < 1.29 is 4.79 Å². The van der Waals surface area contributed by atoms with E-state index in [0.717, 1.165) is 35.2 Å². The van der Waals surface area contributed by atoms with Crippen LogP contribution < -0.4 is 5.32 Å². The molecule has 2 heterocycles. The van der Waals surface area contributed by atoms with Crippen LogP contribution in [0.25, 0.3) is 11.4 Å². The molecule has 1 aliphatic carbocycles. The monoisotopic (exact) mass is 358 g/mol. The number of hydrogen-bond donors (Lipinski definition) is 1. The number of benzene rings is 1. The summed E-state index contributed by atoms with van der Waals surface area (Å²) in [6, 6.07) is 13.6. The van der Waals surface area contributed by atoms with Crippen molar-refractivity contribution in [3.63, 3.8) is 0 Å². The molecule has 1 amide bonds. The first-order chi connectivity index (χ1) is 13.1. The van der Waals surface area contributed by atoms with Gasteiger partial charge in [-0.15, -0.1) is 0 Å². The maximum atomic E-state index is 13.0. The number of hydrogen-bond acceptors (Lipinski definition) is 4. The molecule has 2 aromatic heterocycles. The van der Waals surface area contributed by atoms with Crippen molar-refractivity contribution in [3.8, 4) is 11.4 Å². The van der Waals surface area contributed by atoms with Crippen molar-refractivity contribution >= 4 is 5.91 Å². The van der Waals surface area contributed by atoms with E-state index in [1.807, 2.05) is 62.5 Å². The Hall–Kier alpha value is -3.08. The highest BCUT2D eigenvalue weighted by Gasteiger charge is 2.51. The molecule has 3 aromatic rings. The normalized spacial score (nSPS) is 15.8. The molecule has 0 radical (unpaired) electrons. The van der Waals surface area contributed by atoms with E-state index in [1.165, 1.54) is 0 Å². The van der Waals surface area contributed by atoms with Crippen molar-refractivity contribution in [2.75, 3.05) is 0 Å². The predicted octanol–water partition coefficient (Wildman–Crippen LogP) is 3.76. The second-order valence-corrected chi connectivity index (χ2v) is 7.11. The van der Waals surface area contributed by atoms with Gasteiger partial charge in [0.15, 0.2) is 5.82 Å². The van der Waals surface area contributed by atoms with E-state index >= 15 is 0 Å². The van der Waals surface area contributed by atoms with Crippen LogP contribution in [-0.4, -0.2) is 20.9 Å². The van der Waals surface area contributed by atoms with E-state index in [1.54, 1.807) is 12.4 Å². The standard InChI is InChI=1S/C22H22N4O/c1-15-19(14-24-20(25-15)17-8-12-23-13-9-17)16(2)26-21(27)22(10-11-22)18-6-4-3-5-7-18/h3-9,12-14,16H,10-11H2,1-2H3,(H,26,27). The number of rotatable bonds is 5. The highest BCUT2D eigenvalue weighted by atomic mass is 16.2. The molecule has 136 valence electrons. The fourth-order valence-electron chi connectivity index (χ4n) is 3.48. The van der Waals surface area contributed by atoms with Gasteiger partial charge in [-0.3, -0.25) is 9.78 Å². The Labute approximate surface area is 158 Å². The molecule has 5 nitrogen and oxygen atoms in total. The van der Waals surface area contributed by atoms with E-state index in [9.17, 15) is 4.79 Å². The molecule has 1 atom stereocenters. The largest absolute Gasteiger partial charge is 0.349 e. The molecule has 0 aliphatic heterocycles. The van der Waals surface area contributed by atoms with Crippen LogP contribution in [0.15, 0.2) is 61.1 Å². The number of aryl methyl sites for hydroxylation is 1. The first-order valence-corrected chi connectivity index (χ1v) is 9.20. The first kappa shape index (κ1) is 17.3. The summed E-state index contributed by atoms with van der Waals surface area (Å²) in [6.45, 7) is 3.94. The van der Waals surface area contributed by atoms with Crippen molar-refractivity contribution in [1.82, 2.24) is 20.3 Å². The summed E-state index contributed by atoms with van der Waals surface area (Å²) in [7, 11) is 0. The Kier molecular flexibility index (Phi) is 4.44. The number of amides is 1. The predicted molar refractivity (Wildman–Crippen MR) is 104 cm³/mol.